The van der Waals surface area contributed by atoms with Crippen LogP contribution in [0.5, 0.6) is 0 Å². The summed E-state index contributed by atoms with van der Waals surface area (Å²) in [6, 6.07) is 4.82. The van der Waals surface area contributed by atoms with Crippen LogP contribution in [0.3, 0.4) is 0 Å². The van der Waals surface area contributed by atoms with Crippen LogP contribution in [0.25, 0.3) is 0 Å². The van der Waals surface area contributed by atoms with Crippen molar-refractivity contribution in [1.29, 1.82) is 0 Å². The summed E-state index contributed by atoms with van der Waals surface area (Å²) in [5.74, 6) is -2.93. The largest absolute Gasteiger partial charge is 0.386 e. The molecule has 0 saturated heterocycles. The fourth-order valence-electron chi connectivity index (χ4n) is 2.73. The molecule has 6 heteroatoms. The van der Waals surface area contributed by atoms with Gasteiger partial charge in [0.05, 0.1) is 22.3 Å². The SMILES string of the molecule is O=C1OC(=O)C2=C1C=CC(c1ccc3c(c1)C(=O)OC3=O)C=C2. The highest BCUT2D eigenvalue weighted by Crippen LogP contribution is 2.31. The number of esters is 4. The summed E-state index contributed by atoms with van der Waals surface area (Å²) in [6.07, 6.45) is 6.51. The first kappa shape index (κ1) is 13.4. The molecule has 1 aromatic carbocycles. The monoisotopic (exact) mass is 308 g/mol. The zero-order chi connectivity index (χ0) is 16.1. The van der Waals surface area contributed by atoms with E-state index in [1.165, 1.54) is 18.2 Å². The second-order valence-electron chi connectivity index (χ2n) is 5.23. The number of fused-ring (bicyclic) bond motifs is 1. The van der Waals surface area contributed by atoms with E-state index in [0.717, 1.165) is 5.56 Å². The van der Waals surface area contributed by atoms with E-state index in [0.29, 0.717) is 0 Å². The summed E-state index contributed by atoms with van der Waals surface area (Å²) in [6.45, 7) is 0. The molecule has 0 saturated carbocycles. The van der Waals surface area contributed by atoms with Crippen molar-refractivity contribution in [3.63, 3.8) is 0 Å². The minimum Gasteiger partial charge on any atom is -0.386 e. The van der Waals surface area contributed by atoms with Crippen LogP contribution in [-0.2, 0) is 19.1 Å². The van der Waals surface area contributed by atoms with Gasteiger partial charge in [-0.25, -0.2) is 19.2 Å². The molecule has 0 unspecified atom stereocenters. The van der Waals surface area contributed by atoms with Gasteiger partial charge >= 0.3 is 23.9 Å². The summed E-state index contributed by atoms with van der Waals surface area (Å²) in [7, 11) is 0. The smallest absolute Gasteiger partial charge is 0.346 e. The number of benzene rings is 1. The van der Waals surface area contributed by atoms with Gasteiger partial charge in [0.25, 0.3) is 0 Å². The predicted molar refractivity (Wildman–Crippen MR) is 75.3 cm³/mol. The third-order valence-electron chi connectivity index (χ3n) is 3.91. The van der Waals surface area contributed by atoms with Gasteiger partial charge < -0.3 is 9.47 Å². The number of allylic oxidation sites excluding steroid dienone is 2. The van der Waals surface area contributed by atoms with Crippen molar-refractivity contribution < 1.29 is 28.7 Å². The molecule has 6 nitrogen and oxygen atoms in total. The van der Waals surface area contributed by atoms with Gasteiger partial charge in [0.1, 0.15) is 0 Å². The van der Waals surface area contributed by atoms with Crippen molar-refractivity contribution in [2.45, 2.75) is 5.92 Å². The highest BCUT2D eigenvalue weighted by Gasteiger charge is 2.32. The Balaban J connectivity index is 1.72. The van der Waals surface area contributed by atoms with Crippen molar-refractivity contribution in [3.05, 3.63) is 70.3 Å². The van der Waals surface area contributed by atoms with E-state index in [4.69, 9.17) is 0 Å². The number of cyclic esters (lactones) is 4. The van der Waals surface area contributed by atoms with Crippen LogP contribution in [0, 0.1) is 0 Å². The molecule has 23 heavy (non-hydrogen) atoms. The Bertz CT molecular complexity index is 866. The summed E-state index contributed by atoms with van der Waals surface area (Å²) < 4.78 is 9.10. The molecule has 4 rings (SSSR count). The lowest BCUT2D eigenvalue weighted by Gasteiger charge is -2.08. The highest BCUT2D eigenvalue weighted by atomic mass is 16.6. The van der Waals surface area contributed by atoms with Gasteiger partial charge in [-0.05, 0) is 29.8 Å². The lowest BCUT2D eigenvalue weighted by molar-refractivity contribution is -0.150. The molecule has 2 heterocycles. The number of hydrogen-bond donors (Lipinski definition) is 0. The molecule has 1 aliphatic carbocycles. The van der Waals surface area contributed by atoms with Crippen molar-refractivity contribution in [2.75, 3.05) is 0 Å². The molecule has 0 radical (unpaired) electrons. The number of rotatable bonds is 1. The molecule has 0 aromatic heterocycles. The first-order valence-corrected chi connectivity index (χ1v) is 6.82. The van der Waals surface area contributed by atoms with Crippen molar-refractivity contribution in [1.82, 2.24) is 0 Å². The highest BCUT2D eigenvalue weighted by molar-refractivity contribution is 6.16. The molecule has 1 aromatic rings. The topological polar surface area (TPSA) is 86.7 Å². The first-order chi connectivity index (χ1) is 11.0. The summed E-state index contributed by atoms with van der Waals surface area (Å²) >= 11 is 0. The molecule has 0 bridgehead atoms. The Morgan fingerprint density at radius 3 is 1.91 bits per heavy atom. The molecule has 112 valence electrons. The minimum atomic E-state index is -0.673. The van der Waals surface area contributed by atoms with Gasteiger partial charge in [0.2, 0.25) is 0 Å². The molecule has 0 spiro atoms. The zero-order valence-electron chi connectivity index (χ0n) is 11.6. The van der Waals surface area contributed by atoms with Crippen LogP contribution in [-0.4, -0.2) is 23.9 Å². The van der Waals surface area contributed by atoms with Crippen molar-refractivity contribution >= 4 is 23.9 Å². The van der Waals surface area contributed by atoms with Crippen LogP contribution in [0.2, 0.25) is 0 Å². The van der Waals surface area contributed by atoms with Crippen LogP contribution in [0.4, 0.5) is 0 Å². The molecular weight excluding hydrogens is 300 g/mol. The average molecular weight is 308 g/mol. The molecule has 2 aliphatic heterocycles. The van der Waals surface area contributed by atoms with E-state index in [1.54, 1.807) is 24.3 Å². The molecule has 3 aliphatic rings. The second-order valence-corrected chi connectivity index (χ2v) is 5.23. The van der Waals surface area contributed by atoms with Crippen LogP contribution in [0.1, 0.15) is 32.2 Å². The van der Waals surface area contributed by atoms with Gasteiger partial charge in [0.15, 0.2) is 0 Å². The molecular formula is C17H8O6. The van der Waals surface area contributed by atoms with E-state index in [2.05, 4.69) is 9.47 Å². The molecule has 0 N–H and O–H groups in total. The summed E-state index contributed by atoms with van der Waals surface area (Å²) in [4.78, 5) is 46.2. The fraction of sp³-hybridized carbons (Fsp3) is 0.0588. The maximum atomic E-state index is 11.6. The van der Waals surface area contributed by atoms with Crippen molar-refractivity contribution in [2.24, 2.45) is 0 Å². The van der Waals surface area contributed by atoms with Gasteiger partial charge in [0, 0.05) is 5.92 Å². The van der Waals surface area contributed by atoms with Gasteiger partial charge in [-0.1, -0.05) is 18.2 Å². The quantitative estimate of drug-likeness (QED) is 0.578. The summed E-state index contributed by atoms with van der Waals surface area (Å²) in [5, 5.41) is 0. The van der Waals surface area contributed by atoms with E-state index in [1.807, 2.05) is 0 Å². The van der Waals surface area contributed by atoms with E-state index in [9.17, 15) is 19.2 Å². The van der Waals surface area contributed by atoms with Crippen LogP contribution < -0.4 is 0 Å². The van der Waals surface area contributed by atoms with Crippen LogP contribution in [0.15, 0.2) is 53.6 Å². The predicted octanol–water partition coefficient (Wildman–Crippen LogP) is 1.59. The van der Waals surface area contributed by atoms with Gasteiger partial charge in [-0.3, -0.25) is 0 Å². The van der Waals surface area contributed by atoms with E-state index in [-0.39, 0.29) is 28.2 Å². The Kier molecular flexibility index (Phi) is 2.68. The normalized spacial score (nSPS) is 19.7. The number of hydrogen-bond acceptors (Lipinski definition) is 6. The Morgan fingerprint density at radius 1 is 0.696 bits per heavy atom. The number of carbonyl (C=O) groups excluding carboxylic acids is 4. The third-order valence-corrected chi connectivity index (χ3v) is 3.91. The van der Waals surface area contributed by atoms with Gasteiger partial charge in [-0.2, -0.15) is 0 Å². The minimum absolute atomic E-state index is 0.212. The van der Waals surface area contributed by atoms with E-state index >= 15 is 0 Å². The summed E-state index contributed by atoms with van der Waals surface area (Å²) in [5.41, 5.74) is 1.62. The van der Waals surface area contributed by atoms with Crippen LogP contribution >= 0.6 is 0 Å². The maximum absolute atomic E-state index is 11.6. The molecule has 0 fully saturated rings. The second kappa shape index (κ2) is 4.61. The first-order valence-electron chi connectivity index (χ1n) is 6.82. The van der Waals surface area contributed by atoms with E-state index < -0.39 is 23.9 Å². The lowest BCUT2D eigenvalue weighted by Crippen LogP contribution is -2.02. The average Bonchev–Trinajstić information content (AvgIpc) is 2.86. The maximum Gasteiger partial charge on any atom is 0.346 e. The number of carbonyl (C=O) groups is 4. The van der Waals surface area contributed by atoms with Gasteiger partial charge in [-0.15, -0.1) is 0 Å². The lowest BCUT2D eigenvalue weighted by atomic mass is 9.94. The molecule has 0 amide bonds. The Hall–Kier alpha value is -3.28. The fourth-order valence-corrected chi connectivity index (χ4v) is 2.73. The Morgan fingerprint density at radius 2 is 1.26 bits per heavy atom. The zero-order valence-corrected chi connectivity index (χ0v) is 11.6. The molecule has 0 atom stereocenters. The third kappa shape index (κ3) is 1.96. The van der Waals surface area contributed by atoms with Crippen molar-refractivity contribution in [3.8, 4) is 0 Å². The Labute approximate surface area is 129 Å². The standard InChI is InChI=1S/C17H8O6/c18-14-10-4-1-8(2-5-11(10)15(19)22-14)9-3-6-12-13(7-9)17(21)23-16(12)20/h1-8H. The number of ether oxygens (including phenoxy) is 2.